The molecule has 0 fully saturated rings. The molecule has 2 heterocycles. The van der Waals surface area contributed by atoms with Crippen molar-refractivity contribution in [3.8, 4) is 0 Å². The Morgan fingerprint density at radius 2 is 1.95 bits per heavy atom. The van der Waals surface area contributed by atoms with E-state index in [0.717, 1.165) is 17.1 Å². The normalized spacial score (nSPS) is 10.5. The smallest absolute Gasteiger partial charge is 0.224 e. The van der Waals surface area contributed by atoms with Crippen LogP contribution in [0.15, 0.2) is 42.7 Å². The summed E-state index contributed by atoms with van der Waals surface area (Å²) in [5, 5.41) is 6.71. The fourth-order valence-corrected chi connectivity index (χ4v) is 1.91. The minimum atomic E-state index is -0.517. The maximum Gasteiger partial charge on any atom is 0.224 e. The molecule has 0 spiro atoms. The van der Waals surface area contributed by atoms with Gasteiger partial charge in [-0.2, -0.15) is 4.98 Å². The number of para-hydroxylation sites is 1. The summed E-state index contributed by atoms with van der Waals surface area (Å²) in [5.41, 5.74) is 1.46. The molecule has 0 aliphatic carbocycles. The van der Waals surface area contributed by atoms with Crippen molar-refractivity contribution in [2.24, 2.45) is 0 Å². The lowest BCUT2D eigenvalue weighted by Gasteiger charge is -2.09. The minimum Gasteiger partial charge on any atom is -0.357 e. The Morgan fingerprint density at radius 3 is 2.80 bits per heavy atom. The van der Waals surface area contributed by atoms with Gasteiger partial charge in [0.1, 0.15) is 0 Å². The second-order valence-corrected chi connectivity index (χ2v) is 4.15. The van der Waals surface area contributed by atoms with Gasteiger partial charge in [0.25, 0.3) is 0 Å². The summed E-state index contributed by atoms with van der Waals surface area (Å²) in [7, 11) is 1.68. The predicted molar refractivity (Wildman–Crippen MR) is 76.6 cm³/mol. The average Bonchev–Trinajstić information content (AvgIpc) is 2.50. The molecule has 0 saturated carbocycles. The van der Waals surface area contributed by atoms with E-state index in [1.54, 1.807) is 13.2 Å². The summed E-state index contributed by atoms with van der Waals surface area (Å²) in [4.78, 5) is 12.2. The van der Waals surface area contributed by atoms with Crippen LogP contribution in [0.25, 0.3) is 10.9 Å². The summed E-state index contributed by atoms with van der Waals surface area (Å²) in [6.07, 6.45) is 2.82. The van der Waals surface area contributed by atoms with Gasteiger partial charge in [-0.05, 0) is 12.1 Å². The summed E-state index contributed by atoms with van der Waals surface area (Å²) in [5.74, 6) is -0.0541. The van der Waals surface area contributed by atoms with Gasteiger partial charge < -0.3 is 10.6 Å². The maximum absolute atomic E-state index is 13.8. The molecular formula is C14H12FN5. The Labute approximate surface area is 114 Å². The van der Waals surface area contributed by atoms with Gasteiger partial charge >= 0.3 is 0 Å². The molecule has 0 aliphatic rings. The zero-order valence-electron chi connectivity index (χ0n) is 10.8. The summed E-state index contributed by atoms with van der Waals surface area (Å²) in [6, 6.07) is 9.46. The SMILES string of the molecule is CNc1ncc(F)c(Nc2cccc3cccnc23)n1. The van der Waals surface area contributed by atoms with Gasteiger partial charge in [-0.15, -0.1) is 0 Å². The molecule has 100 valence electrons. The highest BCUT2D eigenvalue weighted by Crippen LogP contribution is 2.25. The van der Waals surface area contributed by atoms with Crippen LogP contribution in [-0.4, -0.2) is 22.0 Å². The number of rotatable bonds is 3. The number of halogens is 1. The topological polar surface area (TPSA) is 62.7 Å². The second kappa shape index (κ2) is 5.08. The number of nitrogens with one attached hydrogen (secondary N) is 2. The fourth-order valence-electron chi connectivity index (χ4n) is 1.91. The van der Waals surface area contributed by atoms with Gasteiger partial charge in [0.2, 0.25) is 5.95 Å². The van der Waals surface area contributed by atoms with E-state index in [0.29, 0.717) is 11.6 Å². The largest absolute Gasteiger partial charge is 0.357 e. The number of hydrogen-bond donors (Lipinski definition) is 2. The van der Waals surface area contributed by atoms with Crippen molar-refractivity contribution in [1.29, 1.82) is 0 Å². The first kappa shape index (κ1) is 12.3. The van der Waals surface area contributed by atoms with E-state index in [2.05, 4.69) is 25.6 Å². The van der Waals surface area contributed by atoms with Gasteiger partial charge in [0, 0.05) is 18.6 Å². The molecule has 3 aromatic rings. The van der Waals surface area contributed by atoms with Gasteiger partial charge in [-0.3, -0.25) is 4.98 Å². The van der Waals surface area contributed by atoms with Gasteiger partial charge in [0.05, 0.1) is 17.4 Å². The van der Waals surface area contributed by atoms with E-state index in [4.69, 9.17) is 0 Å². The van der Waals surface area contributed by atoms with Crippen LogP contribution in [0, 0.1) is 5.82 Å². The number of anilines is 3. The van der Waals surface area contributed by atoms with Crippen LogP contribution in [0.3, 0.4) is 0 Å². The number of benzene rings is 1. The molecule has 0 radical (unpaired) electrons. The van der Waals surface area contributed by atoms with Crippen molar-refractivity contribution in [3.63, 3.8) is 0 Å². The first-order chi connectivity index (χ1) is 9.78. The maximum atomic E-state index is 13.8. The molecule has 0 aliphatic heterocycles. The number of fused-ring (bicyclic) bond motifs is 1. The molecule has 0 amide bonds. The monoisotopic (exact) mass is 269 g/mol. The van der Waals surface area contributed by atoms with E-state index >= 15 is 0 Å². The molecule has 0 atom stereocenters. The third kappa shape index (κ3) is 2.23. The van der Waals surface area contributed by atoms with Gasteiger partial charge in [-0.25, -0.2) is 9.37 Å². The molecule has 0 saturated heterocycles. The van der Waals surface area contributed by atoms with E-state index in [1.165, 1.54) is 0 Å². The molecule has 0 unspecified atom stereocenters. The lowest BCUT2D eigenvalue weighted by atomic mass is 10.2. The first-order valence-electron chi connectivity index (χ1n) is 6.09. The fraction of sp³-hybridized carbons (Fsp3) is 0.0714. The zero-order chi connectivity index (χ0) is 13.9. The lowest BCUT2D eigenvalue weighted by molar-refractivity contribution is 0.619. The van der Waals surface area contributed by atoms with Crippen LogP contribution in [0.2, 0.25) is 0 Å². The summed E-state index contributed by atoms with van der Waals surface area (Å²) in [6.45, 7) is 0. The van der Waals surface area contributed by atoms with Crippen LogP contribution in [0.5, 0.6) is 0 Å². The predicted octanol–water partition coefficient (Wildman–Crippen LogP) is 2.95. The lowest BCUT2D eigenvalue weighted by Crippen LogP contribution is -2.03. The molecule has 20 heavy (non-hydrogen) atoms. The highest BCUT2D eigenvalue weighted by atomic mass is 19.1. The highest BCUT2D eigenvalue weighted by Gasteiger charge is 2.09. The second-order valence-electron chi connectivity index (χ2n) is 4.15. The molecule has 6 heteroatoms. The number of aromatic nitrogens is 3. The zero-order valence-corrected chi connectivity index (χ0v) is 10.8. The molecular weight excluding hydrogens is 257 g/mol. The Hall–Kier alpha value is -2.76. The standard InChI is InChI=1S/C14H12FN5/c1-16-14-18-8-10(15)13(20-14)19-11-6-2-4-9-5-3-7-17-12(9)11/h2-8H,1H3,(H2,16,18,19,20). The molecule has 5 nitrogen and oxygen atoms in total. The quantitative estimate of drug-likeness (QED) is 0.765. The van der Waals surface area contributed by atoms with E-state index in [1.807, 2.05) is 30.3 Å². The van der Waals surface area contributed by atoms with Crippen LogP contribution in [0.1, 0.15) is 0 Å². The molecule has 2 N–H and O–H groups in total. The van der Waals surface area contributed by atoms with Crippen molar-refractivity contribution in [3.05, 3.63) is 48.5 Å². The highest BCUT2D eigenvalue weighted by molar-refractivity contribution is 5.91. The van der Waals surface area contributed by atoms with Crippen molar-refractivity contribution >= 4 is 28.4 Å². The number of pyridine rings is 1. The van der Waals surface area contributed by atoms with Crippen molar-refractivity contribution < 1.29 is 4.39 Å². The van der Waals surface area contributed by atoms with Crippen LogP contribution in [0.4, 0.5) is 21.8 Å². The molecule has 3 rings (SSSR count). The van der Waals surface area contributed by atoms with E-state index in [9.17, 15) is 4.39 Å². The number of hydrogen-bond acceptors (Lipinski definition) is 5. The molecule has 2 aromatic heterocycles. The average molecular weight is 269 g/mol. The summed E-state index contributed by atoms with van der Waals surface area (Å²) >= 11 is 0. The van der Waals surface area contributed by atoms with Gasteiger partial charge in [0.15, 0.2) is 11.6 Å². The van der Waals surface area contributed by atoms with Crippen LogP contribution >= 0.6 is 0 Å². The summed E-state index contributed by atoms with van der Waals surface area (Å²) < 4.78 is 13.8. The van der Waals surface area contributed by atoms with E-state index in [-0.39, 0.29) is 5.82 Å². The Morgan fingerprint density at radius 1 is 1.10 bits per heavy atom. The minimum absolute atomic E-state index is 0.113. The van der Waals surface area contributed by atoms with Gasteiger partial charge in [-0.1, -0.05) is 18.2 Å². The van der Waals surface area contributed by atoms with E-state index < -0.39 is 5.82 Å². The third-order valence-corrected chi connectivity index (χ3v) is 2.85. The van der Waals surface area contributed by atoms with Crippen molar-refractivity contribution in [2.45, 2.75) is 0 Å². The van der Waals surface area contributed by atoms with Crippen LogP contribution < -0.4 is 10.6 Å². The number of nitrogens with zero attached hydrogens (tertiary/aromatic N) is 3. The van der Waals surface area contributed by atoms with Crippen LogP contribution in [-0.2, 0) is 0 Å². The van der Waals surface area contributed by atoms with Crippen molar-refractivity contribution in [1.82, 2.24) is 15.0 Å². The Bertz CT molecular complexity index is 754. The molecule has 0 bridgehead atoms. The molecule has 1 aromatic carbocycles. The Kier molecular flexibility index (Phi) is 3.12. The van der Waals surface area contributed by atoms with Crippen molar-refractivity contribution in [2.75, 3.05) is 17.7 Å². The first-order valence-corrected chi connectivity index (χ1v) is 6.09. The Balaban J connectivity index is 2.05. The third-order valence-electron chi connectivity index (χ3n) is 2.85.